The molecule has 0 atom stereocenters. The van der Waals surface area contributed by atoms with Gasteiger partial charge in [0, 0.05) is 19.5 Å². The lowest BCUT2D eigenvalue weighted by molar-refractivity contribution is -0.119. The summed E-state index contributed by atoms with van der Waals surface area (Å²) >= 11 is 0. The van der Waals surface area contributed by atoms with E-state index in [-0.39, 0.29) is 18.1 Å². The average Bonchev–Trinajstić information content (AvgIpc) is 2.45. The minimum atomic E-state index is -1.09. The molecule has 1 aromatic heterocycles. The number of aromatic nitrogens is 1. The maximum Gasteiger partial charge on any atom is 0.354 e. The quantitative estimate of drug-likeness (QED) is 0.872. The highest BCUT2D eigenvalue weighted by Crippen LogP contribution is 2.24. The summed E-state index contributed by atoms with van der Waals surface area (Å²) in [4.78, 5) is 28.4. The van der Waals surface area contributed by atoms with Crippen LogP contribution in [0, 0.1) is 0 Å². The van der Waals surface area contributed by atoms with Crippen LogP contribution in [0.1, 0.15) is 10.5 Å². The third-order valence-electron chi connectivity index (χ3n) is 2.96. The van der Waals surface area contributed by atoms with E-state index >= 15 is 0 Å². The van der Waals surface area contributed by atoms with Crippen LogP contribution in [0.2, 0.25) is 0 Å². The fraction of sp³-hybridized carbons (Fsp3) is 0.214. The van der Waals surface area contributed by atoms with Crippen molar-refractivity contribution in [1.82, 2.24) is 10.3 Å². The summed E-state index contributed by atoms with van der Waals surface area (Å²) in [5, 5.41) is 13.2. The van der Waals surface area contributed by atoms with Gasteiger partial charge in [-0.05, 0) is 11.5 Å². The van der Waals surface area contributed by atoms with Crippen molar-refractivity contribution in [2.75, 3.05) is 25.5 Å². The summed E-state index contributed by atoms with van der Waals surface area (Å²) in [6, 6.07) is 8.87. The first kappa shape index (κ1) is 13.8. The molecule has 0 aliphatic heterocycles. The van der Waals surface area contributed by atoms with Gasteiger partial charge in [-0.25, -0.2) is 9.78 Å². The molecular formula is C14H15N3O3. The Morgan fingerprint density at radius 1 is 1.35 bits per heavy atom. The third-order valence-corrected chi connectivity index (χ3v) is 2.96. The molecule has 20 heavy (non-hydrogen) atoms. The highest BCUT2D eigenvalue weighted by Gasteiger charge is 2.15. The first-order valence-corrected chi connectivity index (χ1v) is 6.07. The summed E-state index contributed by atoms with van der Waals surface area (Å²) in [6.07, 6.45) is 0. The Hall–Kier alpha value is -2.63. The van der Waals surface area contributed by atoms with E-state index in [9.17, 15) is 9.59 Å². The van der Waals surface area contributed by atoms with Crippen LogP contribution in [-0.2, 0) is 4.79 Å². The first-order chi connectivity index (χ1) is 9.52. The first-order valence-electron chi connectivity index (χ1n) is 6.07. The van der Waals surface area contributed by atoms with Crippen LogP contribution in [0.4, 0.5) is 5.82 Å². The molecule has 6 nitrogen and oxygen atoms in total. The normalized spacial score (nSPS) is 10.3. The summed E-state index contributed by atoms with van der Waals surface area (Å²) in [5.74, 6) is -0.784. The molecule has 0 radical (unpaired) electrons. The van der Waals surface area contributed by atoms with Crippen molar-refractivity contribution in [1.29, 1.82) is 0 Å². The standard InChI is InChI=1S/C14H15N3O3/c1-15-12(18)8-17(2)13-10-6-4-3-5-9(10)7-11(16-13)14(19)20/h3-7H,8H2,1-2H3,(H,15,18)(H,19,20). The van der Waals surface area contributed by atoms with Crippen LogP contribution < -0.4 is 10.2 Å². The molecule has 0 saturated heterocycles. The fourth-order valence-electron chi connectivity index (χ4n) is 1.95. The minimum Gasteiger partial charge on any atom is -0.477 e. The number of pyridine rings is 1. The number of rotatable bonds is 4. The van der Waals surface area contributed by atoms with Crippen molar-refractivity contribution in [2.24, 2.45) is 0 Å². The Kier molecular flexibility index (Phi) is 3.84. The molecule has 1 heterocycles. The maximum atomic E-state index is 11.5. The predicted octanol–water partition coefficient (Wildman–Crippen LogP) is 1.12. The molecule has 0 spiro atoms. The van der Waals surface area contributed by atoms with E-state index in [0.717, 1.165) is 10.8 Å². The molecule has 0 unspecified atom stereocenters. The molecule has 1 aromatic carbocycles. The zero-order valence-electron chi connectivity index (χ0n) is 11.3. The zero-order chi connectivity index (χ0) is 14.7. The number of nitrogens with one attached hydrogen (secondary N) is 1. The molecule has 104 valence electrons. The van der Waals surface area contributed by atoms with E-state index in [1.807, 2.05) is 24.3 Å². The number of carboxylic acids is 1. The van der Waals surface area contributed by atoms with Gasteiger partial charge in [0.2, 0.25) is 5.91 Å². The number of fused-ring (bicyclic) bond motifs is 1. The van der Waals surface area contributed by atoms with Crippen LogP contribution in [0.15, 0.2) is 30.3 Å². The summed E-state index contributed by atoms with van der Waals surface area (Å²) in [7, 11) is 3.25. The number of likely N-dealkylation sites (N-methyl/N-ethyl adjacent to an activating group) is 2. The van der Waals surface area contributed by atoms with Gasteiger partial charge in [0.05, 0.1) is 6.54 Å². The summed E-state index contributed by atoms with van der Waals surface area (Å²) in [5.41, 5.74) is -0.0394. The van der Waals surface area contributed by atoms with Crippen LogP contribution in [-0.4, -0.2) is 42.6 Å². The van der Waals surface area contributed by atoms with Gasteiger partial charge in [0.25, 0.3) is 0 Å². The van der Waals surface area contributed by atoms with Crippen molar-refractivity contribution < 1.29 is 14.7 Å². The zero-order valence-corrected chi connectivity index (χ0v) is 11.3. The van der Waals surface area contributed by atoms with E-state index < -0.39 is 5.97 Å². The van der Waals surface area contributed by atoms with E-state index in [1.165, 1.54) is 6.07 Å². The van der Waals surface area contributed by atoms with E-state index in [0.29, 0.717) is 5.82 Å². The van der Waals surface area contributed by atoms with Gasteiger partial charge < -0.3 is 15.3 Å². The topological polar surface area (TPSA) is 82.5 Å². The predicted molar refractivity (Wildman–Crippen MR) is 76.0 cm³/mol. The second-order valence-corrected chi connectivity index (χ2v) is 4.39. The van der Waals surface area contributed by atoms with E-state index in [1.54, 1.807) is 19.0 Å². The van der Waals surface area contributed by atoms with Crippen molar-refractivity contribution in [2.45, 2.75) is 0 Å². The van der Waals surface area contributed by atoms with E-state index in [2.05, 4.69) is 10.3 Å². The van der Waals surface area contributed by atoms with Crippen LogP contribution in [0.25, 0.3) is 10.8 Å². The largest absolute Gasteiger partial charge is 0.477 e. The van der Waals surface area contributed by atoms with Crippen molar-refractivity contribution >= 4 is 28.5 Å². The van der Waals surface area contributed by atoms with Crippen LogP contribution in [0.5, 0.6) is 0 Å². The number of carbonyl (C=O) groups is 2. The minimum absolute atomic E-state index is 0.0394. The third kappa shape index (κ3) is 2.69. The molecule has 2 aromatic rings. The molecule has 6 heteroatoms. The van der Waals surface area contributed by atoms with Gasteiger partial charge in [-0.3, -0.25) is 4.79 Å². The molecule has 0 saturated carbocycles. The summed E-state index contributed by atoms with van der Waals surface area (Å²) in [6.45, 7) is 0.108. The number of nitrogens with zero attached hydrogens (tertiary/aromatic N) is 2. The number of benzene rings is 1. The van der Waals surface area contributed by atoms with Gasteiger partial charge in [-0.1, -0.05) is 24.3 Å². The number of anilines is 1. The van der Waals surface area contributed by atoms with Gasteiger partial charge in [-0.2, -0.15) is 0 Å². The van der Waals surface area contributed by atoms with Gasteiger partial charge in [0.1, 0.15) is 5.82 Å². The number of hydrogen-bond acceptors (Lipinski definition) is 4. The number of amides is 1. The smallest absolute Gasteiger partial charge is 0.354 e. The lowest BCUT2D eigenvalue weighted by Gasteiger charge is -2.19. The summed E-state index contributed by atoms with van der Waals surface area (Å²) < 4.78 is 0. The van der Waals surface area contributed by atoms with Crippen molar-refractivity contribution in [3.05, 3.63) is 36.0 Å². The van der Waals surface area contributed by atoms with Gasteiger partial charge >= 0.3 is 5.97 Å². The Labute approximate surface area is 116 Å². The Morgan fingerprint density at radius 2 is 2.05 bits per heavy atom. The molecular weight excluding hydrogens is 258 g/mol. The lowest BCUT2D eigenvalue weighted by Crippen LogP contribution is -2.33. The maximum absolute atomic E-state index is 11.5. The molecule has 0 bridgehead atoms. The molecule has 2 N–H and O–H groups in total. The van der Waals surface area contributed by atoms with Crippen molar-refractivity contribution in [3.63, 3.8) is 0 Å². The lowest BCUT2D eigenvalue weighted by atomic mass is 10.1. The SMILES string of the molecule is CNC(=O)CN(C)c1nc(C(=O)O)cc2ccccc12. The fourth-order valence-corrected chi connectivity index (χ4v) is 1.95. The number of carboxylic acid groups (broad SMARTS) is 1. The second kappa shape index (κ2) is 5.56. The number of hydrogen-bond donors (Lipinski definition) is 2. The van der Waals surface area contributed by atoms with Crippen LogP contribution >= 0.6 is 0 Å². The van der Waals surface area contributed by atoms with Crippen LogP contribution in [0.3, 0.4) is 0 Å². The molecule has 2 rings (SSSR count). The highest BCUT2D eigenvalue weighted by molar-refractivity contribution is 5.98. The molecule has 0 fully saturated rings. The highest BCUT2D eigenvalue weighted by atomic mass is 16.4. The number of carbonyl (C=O) groups excluding carboxylic acids is 1. The van der Waals surface area contributed by atoms with Gasteiger partial charge in [0.15, 0.2) is 5.69 Å². The number of aromatic carboxylic acids is 1. The molecule has 0 aliphatic carbocycles. The second-order valence-electron chi connectivity index (χ2n) is 4.39. The van der Waals surface area contributed by atoms with Crippen molar-refractivity contribution in [3.8, 4) is 0 Å². The van der Waals surface area contributed by atoms with Gasteiger partial charge in [-0.15, -0.1) is 0 Å². The van der Waals surface area contributed by atoms with E-state index in [4.69, 9.17) is 5.11 Å². The average molecular weight is 273 g/mol. The Balaban J connectivity index is 2.54. The Morgan fingerprint density at radius 3 is 2.70 bits per heavy atom. The molecule has 0 aliphatic rings. The molecule has 1 amide bonds. The monoisotopic (exact) mass is 273 g/mol. The Bertz CT molecular complexity index is 670.